The Kier molecular flexibility index (Phi) is 6.54. The minimum absolute atomic E-state index is 0.182. The van der Waals surface area contributed by atoms with Crippen molar-refractivity contribution >= 4 is 9.84 Å². The summed E-state index contributed by atoms with van der Waals surface area (Å²) in [5, 5.41) is 0. The fourth-order valence-corrected chi connectivity index (χ4v) is 1.89. The van der Waals surface area contributed by atoms with Crippen molar-refractivity contribution in [3.8, 4) is 12.3 Å². The maximum atomic E-state index is 11.3. The molecule has 4 nitrogen and oxygen atoms in total. The summed E-state index contributed by atoms with van der Waals surface area (Å²) >= 11 is 0. The predicted molar refractivity (Wildman–Crippen MR) is 54.5 cm³/mol. The number of sulfone groups is 1. The van der Waals surface area contributed by atoms with Gasteiger partial charge in [-0.15, -0.1) is 6.42 Å². The Morgan fingerprint density at radius 1 is 1.29 bits per heavy atom. The maximum absolute atomic E-state index is 11.3. The van der Waals surface area contributed by atoms with Gasteiger partial charge < -0.3 is 9.47 Å². The van der Waals surface area contributed by atoms with E-state index in [4.69, 9.17) is 15.9 Å². The molecule has 0 aliphatic carbocycles. The van der Waals surface area contributed by atoms with E-state index >= 15 is 0 Å². The van der Waals surface area contributed by atoms with Crippen LogP contribution in [0.5, 0.6) is 0 Å². The zero-order valence-electron chi connectivity index (χ0n) is 8.52. The molecule has 0 spiro atoms. The fraction of sp³-hybridized carbons (Fsp3) is 0.778. The molecule has 0 aromatic carbocycles. The van der Waals surface area contributed by atoms with E-state index in [9.17, 15) is 8.42 Å². The van der Waals surface area contributed by atoms with Crippen molar-refractivity contribution < 1.29 is 17.9 Å². The van der Waals surface area contributed by atoms with Gasteiger partial charge in [0.2, 0.25) is 0 Å². The zero-order chi connectivity index (χ0) is 11.0. The summed E-state index contributed by atoms with van der Waals surface area (Å²) < 4.78 is 32.8. The highest BCUT2D eigenvalue weighted by Gasteiger charge is 2.18. The van der Waals surface area contributed by atoms with E-state index in [2.05, 4.69) is 5.92 Å². The third-order valence-electron chi connectivity index (χ3n) is 1.40. The van der Waals surface area contributed by atoms with Gasteiger partial charge in [0.05, 0.1) is 0 Å². The molecule has 0 bridgehead atoms. The van der Waals surface area contributed by atoms with Crippen LogP contribution in [0.15, 0.2) is 0 Å². The molecule has 0 atom stereocenters. The molecule has 0 saturated heterocycles. The van der Waals surface area contributed by atoms with Gasteiger partial charge in [0, 0.05) is 13.2 Å². The molecule has 0 aromatic heterocycles. The molecule has 0 N–H and O–H groups in total. The van der Waals surface area contributed by atoms with E-state index in [-0.39, 0.29) is 11.5 Å². The first kappa shape index (κ1) is 13.4. The van der Waals surface area contributed by atoms with Crippen molar-refractivity contribution in [2.75, 3.05) is 24.7 Å². The van der Waals surface area contributed by atoms with E-state index in [0.717, 1.165) is 0 Å². The van der Waals surface area contributed by atoms with Gasteiger partial charge in [0.25, 0.3) is 0 Å². The highest BCUT2D eigenvalue weighted by atomic mass is 32.2. The van der Waals surface area contributed by atoms with Gasteiger partial charge in [-0.3, -0.25) is 0 Å². The Bertz CT molecular complexity index is 270. The summed E-state index contributed by atoms with van der Waals surface area (Å²) in [6.07, 6.45) is 4.22. The van der Waals surface area contributed by atoms with Gasteiger partial charge in [0.15, 0.2) is 16.1 Å². The minimum atomic E-state index is -3.26. The van der Waals surface area contributed by atoms with E-state index in [1.165, 1.54) is 0 Å². The van der Waals surface area contributed by atoms with Crippen LogP contribution < -0.4 is 0 Å². The summed E-state index contributed by atoms with van der Waals surface area (Å²) in [7, 11) is -3.26. The van der Waals surface area contributed by atoms with Crippen molar-refractivity contribution in [2.45, 2.75) is 20.1 Å². The molecule has 0 amide bonds. The van der Waals surface area contributed by atoms with Crippen LogP contribution in [-0.4, -0.2) is 39.4 Å². The standard InChI is InChI=1S/C9H16O4S/c1-4-7-14(10,11)8-9(12-5-2)13-6-3/h1,9H,5-8H2,2-3H3. The van der Waals surface area contributed by atoms with Gasteiger partial charge >= 0.3 is 0 Å². The molecule has 14 heavy (non-hydrogen) atoms. The van der Waals surface area contributed by atoms with Crippen LogP contribution in [0.25, 0.3) is 0 Å². The molecule has 0 rings (SSSR count). The fourth-order valence-electron chi connectivity index (χ4n) is 0.909. The second kappa shape index (κ2) is 6.82. The first-order chi connectivity index (χ1) is 6.55. The van der Waals surface area contributed by atoms with Crippen LogP contribution in [0.1, 0.15) is 13.8 Å². The smallest absolute Gasteiger partial charge is 0.171 e. The molecule has 82 valence electrons. The lowest BCUT2D eigenvalue weighted by Crippen LogP contribution is -2.28. The van der Waals surface area contributed by atoms with Gasteiger partial charge in [-0.25, -0.2) is 8.42 Å². The molecular formula is C9H16O4S. The average molecular weight is 220 g/mol. The van der Waals surface area contributed by atoms with E-state index < -0.39 is 16.1 Å². The van der Waals surface area contributed by atoms with Crippen molar-refractivity contribution in [1.82, 2.24) is 0 Å². The Balaban J connectivity index is 4.22. The third-order valence-corrected chi connectivity index (χ3v) is 2.78. The van der Waals surface area contributed by atoms with Crippen LogP contribution >= 0.6 is 0 Å². The normalized spacial score (nSPS) is 11.6. The number of terminal acetylenes is 1. The van der Waals surface area contributed by atoms with Crippen molar-refractivity contribution in [3.05, 3.63) is 0 Å². The first-order valence-corrected chi connectivity index (χ1v) is 6.25. The van der Waals surface area contributed by atoms with E-state index in [1.807, 2.05) is 0 Å². The summed E-state index contributed by atoms with van der Waals surface area (Å²) in [5.74, 6) is 1.64. The molecular weight excluding hydrogens is 204 g/mol. The Labute approximate surface area is 85.5 Å². The minimum Gasteiger partial charge on any atom is -0.352 e. The average Bonchev–Trinajstić information content (AvgIpc) is 2.03. The Morgan fingerprint density at radius 3 is 2.14 bits per heavy atom. The van der Waals surface area contributed by atoms with Crippen molar-refractivity contribution in [1.29, 1.82) is 0 Å². The quantitative estimate of drug-likeness (QED) is 0.461. The second-order valence-corrected chi connectivity index (χ2v) is 4.71. The molecule has 0 radical (unpaired) electrons. The topological polar surface area (TPSA) is 52.6 Å². The summed E-state index contributed by atoms with van der Waals surface area (Å²) in [5.41, 5.74) is 0. The molecule has 5 heteroatoms. The number of hydrogen-bond acceptors (Lipinski definition) is 4. The SMILES string of the molecule is C#CCS(=O)(=O)CC(OCC)OCC. The maximum Gasteiger partial charge on any atom is 0.171 e. The lowest BCUT2D eigenvalue weighted by atomic mass is 10.7. The van der Waals surface area contributed by atoms with Crippen molar-refractivity contribution in [2.24, 2.45) is 0 Å². The summed E-state index contributed by atoms with van der Waals surface area (Å²) in [6, 6.07) is 0. The summed E-state index contributed by atoms with van der Waals surface area (Å²) in [6.45, 7) is 4.38. The number of rotatable bonds is 7. The molecule has 0 aromatic rings. The molecule has 0 aliphatic heterocycles. The predicted octanol–water partition coefficient (Wildman–Crippen LogP) is 0.433. The van der Waals surface area contributed by atoms with Crippen molar-refractivity contribution in [3.63, 3.8) is 0 Å². The lowest BCUT2D eigenvalue weighted by Gasteiger charge is -2.15. The van der Waals surface area contributed by atoms with Gasteiger partial charge in [-0.1, -0.05) is 5.92 Å². The van der Waals surface area contributed by atoms with Gasteiger partial charge in [-0.05, 0) is 13.8 Å². The first-order valence-electron chi connectivity index (χ1n) is 4.42. The van der Waals surface area contributed by atoms with Gasteiger partial charge in [0.1, 0.15) is 11.5 Å². The van der Waals surface area contributed by atoms with Crippen LogP contribution in [0.4, 0.5) is 0 Å². The molecule has 0 aliphatic rings. The number of hydrogen-bond donors (Lipinski definition) is 0. The van der Waals surface area contributed by atoms with Gasteiger partial charge in [-0.2, -0.15) is 0 Å². The Morgan fingerprint density at radius 2 is 1.79 bits per heavy atom. The monoisotopic (exact) mass is 220 g/mol. The molecule has 0 heterocycles. The zero-order valence-corrected chi connectivity index (χ0v) is 9.34. The lowest BCUT2D eigenvalue weighted by molar-refractivity contribution is -0.120. The highest BCUT2D eigenvalue weighted by molar-refractivity contribution is 7.91. The molecule has 0 unspecified atom stereocenters. The van der Waals surface area contributed by atoms with Crippen LogP contribution in [0.2, 0.25) is 0 Å². The van der Waals surface area contributed by atoms with E-state index in [1.54, 1.807) is 13.8 Å². The largest absolute Gasteiger partial charge is 0.352 e. The van der Waals surface area contributed by atoms with E-state index in [0.29, 0.717) is 13.2 Å². The third kappa shape index (κ3) is 5.97. The van der Waals surface area contributed by atoms with Crippen LogP contribution in [0, 0.1) is 12.3 Å². The van der Waals surface area contributed by atoms with Crippen LogP contribution in [-0.2, 0) is 19.3 Å². The second-order valence-electron chi connectivity index (χ2n) is 2.60. The molecule has 0 fully saturated rings. The Hall–Kier alpha value is -0.570. The number of ether oxygens (including phenoxy) is 2. The summed E-state index contributed by atoms with van der Waals surface area (Å²) in [4.78, 5) is 0. The highest BCUT2D eigenvalue weighted by Crippen LogP contribution is 2.01. The molecule has 0 saturated carbocycles. The van der Waals surface area contributed by atoms with Crippen LogP contribution in [0.3, 0.4) is 0 Å².